The largest absolute Gasteiger partial charge is 0.459 e. The van der Waals surface area contributed by atoms with Crippen molar-refractivity contribution in [2.45, 2.75) is 39.3 Å². The Labute approximate surface area is 200 Å². The third-order valence-corrected chi connectivity index (χ3v) is 5.36. The maximum absolute atomic E-state index is 15.0. The first kappa shape index (κ1) is 25.4. The fraction of sp³-hybridized carbons (Fsp3) is 0.385. The van der Waals surface area contributed by atoms with Crippen LogP contribution in [0, 0.1) is 5.82 Å². The van der Waals surface area contributed by atoms with Gasteiger partial charge in [-0.2, -0.15) is 5.90 Å². The predicted octanol–water partition coefficient (Wildman–Crippen LogP) is 4.20. The zero-order chi connectivity index (χ0) is 24.9. The molecule has 1 fully saturated rings. The average Bonchev–Trinajstić information content (AvgIpc) is 2.77. The van der Waals surface area contributed by atoms with Crippen LogP contribution in [0.25, 0.3) is 0 Å². The van der Waals surface area contributed by atoms with E-state index in [9.17, 15) is 4.79 Å². The molecule has 0 amide bonds. The molecule has 2 aromatic carbocycles. The van der Waals surface area contributed by atoms with Gasteiger partial charge in [0, 0.05) is 37.4 Å². The second kappa shape index (κ2) is 10.8. The van der Waals surface area contributed by atoms with Gasteiger partial charge >= 0.3 is 5.97 Å². The fourth-order valence-electron chi connectivity index (χ4n) is 3.94. The van der Waals surface area contributed by atoms with Gasteiger partial charge in [0.15, 0.2) is 0 Å². The van der Waals surface area contributed by atoms with Crippen LogP contribution in [0.1, 0.15) is 44.9 Å². The van der Waals surface area contributed by atoms with Crippen LogP contribution in [0.15, 0.2) is 65.8 Å². The number of ether oxygens (including phenoxy) is 1. The van der Waals surface area contributed by atoms with Crippen LogP contribution in [0.3, 0.4) is 0 Å². The van der Waals surface area contributed by atoms with Crippen LogP contribution >= 0.6 is 0 Å². The molecule has 2 N–H and O–H groups in total. The number of halogens is 1. The second-order valence-corrected chi connectivity index (χ2v) is 9.31. The first-order valence-electron chi connectivity index (χ1n) is 11.3. The summed E-state index contributed by atoms with van der Waals surface area (Å²) in [7, 11) is 0. The molecule has 0 aliphatic carbocycles. The Morgan fingerprint density at radius 3 is 2.29 bits per heavy atom. The molecule has 0 saturated carbocycles. The summed E-state index contributed by atoms with van der Waals surface area (Å²) in [6.07, 6.45) is 0. The summed E-state index contributed by atoms with van der Waals surface area (Å²) in [5.74, 6) is 4.71. The highest BCUT2D eigenvalue weighted by atomic mass is 19.1. The number of nitrogens with zero attached hydrogens (tertiary/aromatic N) is 3. The summed E-state index contributed by atoms with van der Waals surface area (Å²) in [5.41, 5.74) is 1.70. The molecule has 7 nitrogen and oxygen atoms in total. The minimum atomic E-state index is -0.587. The van der Waals surface area contributed by atoms with E-state index in [1.54, 1.807) is 19.1 Å². The van der Waals surface area contributed by atoms with E-state index in [1.165, 1.54) is 6.07 Å². The van der Waals surface area contributed by atoms with Crippen LogP contribution < -0.4 is 10.8 Å². The van der Waals surface area contributed by atoms with Crippen LogP contribution in [0.5, 0.6) is 0 Å². The van der Waals surface area contributed by atoms with Crippen LogP contribution in [-0.2, 0) is 14.4 Å². The first-order chi connectivity index (χ1) is 16.1. The molecule has 34 heavy (non-hydrogen) atoms. The number of aliphatic imine (C=N–C) groups is 1. The summed E-state index contributed by atoms with van der Waals surface area (Å²) in [5, 5.41) is 0. The number of anilines is 1. The maximum Gasteiger partial charge on any atom is 0.328 e. The van der Waals surface area contributed by atoms with Gasteiger partial charge in [0.2, 0.25) is 5.90 Å². The standard InChI is InChI=1S/C26H33FN4O3/c1-18(2)29-24(34-28)20-11-12-22(21(27)17-20)30-13-15-31(16-14-30)23(19-9-7-6-8-10-19)25(32)33-26(3,4)5/h6-12,17,23H,1,13-16,28H2,2-5H3/b29-24-. The van der Waals surface area contributed by atoms with Gasteiger partial charge in [-0.3, -0.25) is 4.90 Å². The molecule has 0 bridgehead atoms. The Bertz CT molecular complexity index is 1040. The van der Waals surface area contributed by atoms with Gasteiger partial charge in [-0.05, 0) is 51.5 Å². The molecule has 1 aliphatic heterocycles. The van der Waals surface area contributed by atoms with Gasteiger partial charge in [-0.1, -0.05) is 36.9 Å². The Morgan fingerprint density at radius 2 is 1.76 bits per heavy atom. The number of allylic oxidation sites excluding steroid dienone is 1. The molecule has 182 valence electrons. The number of rotatable bonds is 6. The van der Waals surface area contributed by atoms with Crippen molar-refractivity contribution in [1.29, 1.82) is 0 Å². The minimum Gasteiger partial charge on any atom is -0.459 e. The van der Waals surface area contributed by atoms with Gasteiger partial charge in [0.25, 0.3) is 0 Å². The fourth-order valence-corrected chi connectivity index (χ4v) is 3.94. The van der Waals surface area contributed by atoms with Crippen molar-refractivity contribution >= 4 is 17.6 Å². The summed E-state index contributed by atoms with van der Waals surface area (Å²) in [6, 6.07) is 13.9. The van der Waals surface area contributed by atoms with Crippen molar-refractivity contribution in [1.82, 2.24) is 4.90 Å². The van der Waals surface area contributed by atoms with Gasteiger partial charge in [-0.15, -0.1) is 0 Å². The highest BCUT2D eigenvalue weighted by molar-refractivity contribution is 5.95. The van der Waals surface area contributed by atoms with E-state index in [4.69, 9.17) is 15.5 Å². The van der Waals surface area contributed by atoms with E-state index in [0.717, 1.165) is 5.56 Å². The molecule has 0 aromatic heterocycles. The molecule has 3 rings (SSSR count). The third kappa shape index (κ3) is 6.42. The van der Waals surface area contributed by atoms with Crippen LogP contribution in [0.4, 0.5) is 10.1 Å². The molecule has 1 unspecified atom stereocenters. The molecule has 1 heterocycles. The lowest BCUT2D eigenvalue weighted by atomic mass is 10.0. The van der Waals surface area contributed by atoms with Gasteiger partial charge in [0.05, 0.1) is 5.69 Å². The summed E-state index contributed by atoms with van der Waals surface area (Å²) in [4.78, 5) is 26.0. The lowest BCUT2D eigenvalue weighted by Crippen LogP contribution is -2.50. The van der Waals surface area contributed by atoms with Crippen molar-refractivity contribution in [2.75, 3.05) is 31.1 Å². The summed E-state index contributed by atoms with van der Waals surface area (Å²) >= 11 is 0. The van der Waals surface area contributed by atoms with Crippen molar-refractivity contribution in [2.24, 2.45) is 10.9 Å². The van der Waals surface area contributed by atoms with Gasteiger partial charge in [0.1, 0.15) is 17.5 Å². The zero-order valence-corrected chi connectivity index (χ0v) is 20.3. The van der Waals surface area contributed by atoms with Crippen molar-refractivity contribution in [3.05, 3.63) is 77.8 Å². The molecule has 1 aliphatic rings. The van der Waals surface area contributed by atoms with Gasteiger partial charge in [-0.25, -0.2) is 14.2 Å². The molecule has 1 saturated heterocycles. The average molecular weight is 469 g/mol. The lowest BCUT2D eigenvalue weighted by Gasteiger charge is -2.40. The maximum atomic E-state index is 15.0. The van der Waals surface area contributed by atoms with Crippen LogP contribution in [-0.4, -0.2) is 48.5 Å². The van der Waals surface area contributed by atoms with Crippen molar-refractivity contribution in [3.63, 3.8) is 0 Å². The SMILES string of the molecule is C=C(C)/N=C(\ON)c1ccc(N2CCN(C(C(=O)OC(C)(C)C)c3ccccc3)CC2)c(F)c1. The normalized spacial score (nSPS) is 16.2. The minimum absolute atomic E-state index is 0.103. The van der Waals surface area contributed by atoms with E-state index in [-0.39, 0.29) is 11.9 Å². The quantitative estimate of drug-likeness (QED) is 0.296. The molecular weight excluding hydrogens is 435 g/mol. The predicted molar refractivity (Wildman–Crippen MR) is 132 cm³/mol. The Balaban J connectivity index is 1.76. The molecular formula is C26H33FN4O3. The number of benzene rings is 2. The highest BCUT2D eigenvalue weighted by Crippen LogP contribution is 2.28. The monoisotopic (exact) mass is 468 g/mol. The van der Waals surface area contributed by atoms with E-state index >= 15 is 4.39 Å². The smallest absolute Gasteiger partial charge is 0.328 e. The summed E-state index contributed by atoms with van der Waals surface area (Å²) in [6.45, 7) is 13.2. The van der Waals surface area contributed by atoms with Crippen LogP contribution in [0.2, 0.25) is 0 Å². The number of carbonyl (C=O) groups is 1. The number of carbonyl (C=O) groups excluding carboxylic acids is 1. The molecule has 0 spiro atoms. The number of nitrogens with two attached hydrogens (primary N) is 1. The first-order valence-corrected chi connectivity index (χ1v) is 11.3. The van der Waals surface area contributed by atoms with Crippen molar-refractivity contribution in [3.8, 4) is 0 Å². The molecule has 0 radical (unpaired) electrons. The highest BCUT2D eigenvalue weighted by Gasteiger charge is 2.34. The second-order valence-electron chi connectivity index (χ2n) is 9.31. The third-order valence-electron chi connectivity index (χ3n) is 5.36. The topological polar surface area (TPSA) is 80.4 Å². The van der Waals surface area contributed by atoms with Crippen molar-refractivity contribution < 1.29 is 18.8 Å². The zero-order valence-electron chi connectivity index (χ0n) is 20.3. The number of esters is 1. The van der Waals surface area contributed by atoms with E-state index in [2.05, 4.69) is 16.5 Å². The molecule has 8 heteroatoms. The number of piperazine rings is 1. The number of hydrogen-bond acceptors (Lipinski definition) is 7. The lowest BCUT2D eigenvalue weighted by molar-refractivity contribution is -0.162. The number of hydrogen-bond donors (Lipinski definition) is 1. The summed E-state index contributed by atoms with van der Waals surface area (Å²) < 4.78 is 20.7. The van der Waals surface area contributed by atoms with E-state index < -0.39 is 17.5 Å². The van der Waals surface area contributed by atoms with E-state index in [0.29, 0.717) is 43.1 Å². The van der Waals surface area contributed by atoms with Gasteiger partial charge < -0.3 is 14.5 Å². The Kier molecular flexibility index (Phi) is 8.06. The molecule has 1 atom stereocenters. The Hall–Kier alpha value is -3.23. The molecule has 2 aromatic rings. The Morgan fingerprint density at radius 1 is 1.12 bits per heavy atom. The van der Waals surface area contributed by atoms with E-state index in [1.807, 2.05) is 56.0 Å².